The largest absolute Gasteiger partial charge is 0.352 e. The molecule has 6 heteroatoms. The summed E-state index contributed by atoms with van der Waals surface area (Å²) in [5.74, 6) is 2.14. The van der Waals surface area contributed by atoms with Gasteiger partial charge in [0.05, 0.1) is 0 Å². The lowest BCUT2D eigenvalue weighted by molar-refractivity contribution is -0.131. The van der Waals surface area contributed by atoms with Crippen LogP contribution in [0.3, 0.4) is 0 Å². The molecule has 0 radical (unpaired) electrons. The normalized spacial score (nSPS) is 20.0. The molecule has 1 amide bonds. The molecule has 0 saturated carbocycles. The maximum absolute atomic E-state index is 12.5. The molecule has 29 heavy (non-hydrogen) atoms. The SMILES string of the molecule is CC1CCCCN1c1ccc(N2CCN(C(=O)CCc3ccccc3)CC2)nn1. The fourth-order valence-electron chi connectivity index (χ4n) is 4.32. The predicted molar refractivity (Wildman–Crippen MR) is 116 cm³/mol. The summed E-state index contributed by atoms with van der Waals surface area (Å²) in [7, 11) is 0. The lowest BCUT2D eigenvalue weighted by Gasteiger charge is -2.36. The Bertz CT molecular complexity index is 787. The van der Waals surface area contributed by atoms with Crippen LogP contribution >= 0.6 is 0 Å². The van der Waals surface area contributed by atoms with Gasteiger partial charge in [-0.2, -0.15) is 0 Å². The Morgan fingerprint density at radius 3 is 2.34 bits per heavy atom. The van der Waals surface area contributed by atoms with Crippen LogP contribution in [0.1, 0.15) is 38.2 Å². The minimum Gasteiger partial charge on any atom is -0.352 e. The van der Waals surface area contributed by atoms with Crippen molar-refractivity contribution in [1.82, 2.24) is 15.1 Å². The Morgan fingerprint density at radius 2 is 1.66 bits per heavy atom. The molecule has 4 rings (SSSR count). The number of hydrogen-bond donors (Lipinski definition) is 0. The molecule has 1 unspecified atom stereocenters. The number of aromatic nitrogens is 2. The van der Waals surface area contributed by atoms with Gasteiger partial charge in [0.2, 0.25) is 5.91 Å². The molecule has 2 aromatic rings. The van der Waals surface area contributed by atoms with Crippen LogP contribution in [0.4, 0.5) is 11.6 Å². The lowest BCUT2D eigenvalue weighted by Crippen LogP contribution is -2.49. The van der Waals surface area contributed by atoms with E-state index in [2.05, 4.69) is 51.2 Å². The van der Waals surface area contributed by atoms with E-state index in [9.17, 15) is 4.79 Å². The van der Waals surface area contributed by atoms with E-state index >= 15 is 0 Å². The lowest BCUT2D eigenvalue weighted by atomic mass is 10.0. The van der Waals surface area contributed by atoms with Gasteiger partial charge in [0.25, 0.3) is 0 Å². The molecule has 2 aliphatic heterocycles. The van der Waals surface area contributed by atoms with Crippen molar-refractivity contribution in [2.45, 2.75) is 45.1 Å². The molecule has 1 atom stereocenters. The molecule has 1 aromatic heterocycles. The molecule has 2 aliphatic rings. The maximum Gasteiger partial charge on any atom is 0.223 e. The topological polar surface area (TPSA) is 52.6 Å². The fourth-order valence-corrected chi connectivity index (χ4v) is 4.32. The minimum atomic E-state index is 0.244. The minimum absolute atomic E-state index is 0.244. The molecule has 0 spiro atoms. The smallest absolute Gasteiger partial charge is 0.223 e. The molecular formula is C23H31N5O. The highest BCUT2D eigenvalue weighted by molar-refractivity contribution is 5.76. The number of hydrogen-bond acceptors (Lipinski definition) is 5. The summed E-state index contributed by atoms with van der Waals surface area (Å²) in [4.78, 5) is 19.1. The molecule has 1 aromatic carbocycles. The molecular weight excluding hydrogens is 362 g/mol. The third-order valence-corrected chi connectivity index (χ3v) is 6.16. The molecule has 6 nitrogen and oxygen atoms in total. The van der Waals surface area contributed by atoms with Gasteiger partial charge in [0.1, 0.15) is 0 Å². The first-order valence-corrected chi connectivity index (χ1v) is 10.9. The standard InChI is InChI=1S/C23H31N5O/c1-19-7-5-6-14-28(19)22-12-11-21(24-25-22)26-15-17-27(18-16-26)23(29)13-10-20-8-3-2-4-9-20/h2-4,8-9,11-12,19H,5-7,10,13-18H2,1H3. The second kappa shape index (κ2) is 9.25. The van der Waals surface area contributed by atoms with Gasteiger partial charge in [-0.05, 0) is 50.3 Å². The highest BCUT2D eigenvalue weighted by Crippen LogP contribution is 2.23. The van der Waals surface area contributed by atoms with Crippen molar-refractivity contribution in [3.05, 3.63) is 48.0 Å². The van der Waals surface area contributed by atoms with Gasteiger partial charge in [-0.3, -0.25) is 4.79 Å². The third kappa shape index (κ3) is 4.86. The summed E-state index contributed by atoms with van der Waals surface area (Å²) < 4.78 is 0. The summed E-state index contributed by atoms with van der Waals surface area (Å²) in [6, 6.07) is 14.9. The number of anilines is 2. The summed E-state index contributed by atoms with van der Waals surface area (Å²) in [5, 5.41) is 8.99. The van der Waals surface area contributed by atoms with Gasteiger partial charge in [-0.15, -0.1) is 10.2 Å². The van der Waals surface area contributed by atoms with Crippen molar-refractivity contribution in [3.63, 3.8) is 0 Å². The van der Waals surface area contributed by atoms with Crippen molar-refractivity contribution in [3.8, 4) is 0 Å². The summed E-state index contributed by atoms with van der Waals surface area (Å²) >= 11 is 0. The van der Waals surface area contributed by atoms with E-state index in [1.165, 1.54) is 24.8 Å². The molecule has 154 valence electrons. The van der Waals surface area contributed by atoms with Crippen LogP contribution in [0, 0.1) is 0 Å². The first kappa shape index (κ1) is 19.7. The zero-order valence-electron chi connectivity index (χ0n) is 17.3. The number of aryl methyl sites for hydroxylation is 1. The zero-order valence-corrected chi connectivity index (χ0v) is 17.3. The van der Waals surface area contributed by atoms with Gasteiger partial charge in [0.15, 0.2) is 11.6 Å². The second-order valence-corrected chi connectivity index (χ2v) is 8.14. The summed E-state index contributed by atoms with van der Waals surface area (Å²) in [6.45, 7) is 6.46. The van der Waals surface area contributed by atoms with Crippen molar-refractivity contribution in [1.29, 1.82) is 0 Å². The van der Waals surface area contributed by atoms with Crippen LogP contribution in [0.2, 0.25) is 0 Å². The van der Waals surface area contributed by atoms with Crippen LogP contribution in [0.5, 0.6) is 0 Å². The Balaban J connectivity index is 1.27. The number of nitrogens with zero attached hydrogens (tertiary/aromatic N) is 5. The highest BCUT2D eigenvalue weighted by atomic mass is 16.2. The highest BCUT2D eigenvalue weighted by Gasteiger charge is 2.23. The van der Waals surface area contributed by atoms with Crippen molar-refractivity contribution in [2.24, 2.45) is 0 Å². The number of benzene rings is 1. The Morgan fingerprint density at radius 1 is 0.931 bits per heavy atom. The van der Waals surface area contributed by atoms with E-state index in [0.29, 0.717) is 12.5 Å². The number of piperidine rings is 1. The summed E-state index contributed by atoms with van der Waals surface area (Å²) in [5.41, 5.74) is 1.22. The van der Waals surface area contributed by atoms with Gasteiger partial charge >= 0.3 is 0 Å². The molecule has 0 bridgehead atoms. The predicted octanol–water partition coefficient (Wildman–Crippen LogP) is 3.14. The fraction of sp³-hybridized carbons (Fsp3) is 0.522. The molecule has 0 aliphatic carbocycles. The monoisotopic (exact) mass is 393 g/mol. The first-order valence-electron chi connectivity index (χ1n) is 10.9. The number of carbonyl (C=O) groups is 1. The Kier molecular flexibility index (Phi) is 6.27. The Labute approximate surface area is 173 Å². The van der Waals surface area contributed by atoms with Crippen LogP contribution in [0.25, 0.3) is 0 Å². The van der Waals surface area contributed by atoms with Crippen LogP contribution in [0.15, 0.2) is 42.5 Å². The summed E-state index contributed by atoms with van der Waals surface area (Å²) in [6.07, 6.45) is 5.14. The average Bonchev–Trinajstić information content (AvgIpc) is 2.79. The molecule has 2 saturated heterocycles. The van der Waals surface area contributed by atoms with Crippen LogP contribution in [-0.4, -0.2) is 59.8 Å². The Hall–Kier alpha value is -2.63. The molecule has 2 fully saturated rings. The second-order valence-electron chi connectivity index (χ2n) is 8.14. The number of amides is 1. The quantitative estimate of drug-likeness (QED) is 0.781. The van der Waals surface area contributed by atoms with Gasteiger partial charge in [-0.1, -0.05) is 30.3 Å². The number of piperazine rings is 1. The van der Waals surface area contributed by atoms with E-state index in [0.717, 1.165) is 50.8 Å². The van der Waals surface area contributed by atoms with Gasteiger partial charge in [-0.25, -0.2) is 0 Å². The number of rotatable bonds is 5. The first-order chi connectivity index (χ1) is 14.2. The average molecular weight is 394 g/mol. The maximum atomic E-state index is 12.5. The van der Waals surface area contributed by atoms with E-state index in [1.54, 1.807) is 0 Å². The van der Waals surface area contributed by atoms with Crippen molar-refractivity contribution in [2.75, 3.05) is 42.5 Å². The van der Waals surface area contributed by atoms with Crippen molar-refractivity contribution >= 4 is 17.5 Å². The van der Waals surface area contributed by atoms with E-state index in [4.69, 9.17) is 0 Å². The van der Waals surface area contributed by atoms with Crippen LogP contribution < -0.4 is 9.80 Å². The van der Waals surface area contributed by atoms with E-state index in [1.807, 2.05) is 23.1 Å². The van der Waals surface area contributed by atoms with E-state index < -0.39 is 0 Å². The van der Waals surface area contributed by atoms with E-state index in [-0.39, 0.29) is 5.91 Å². The molecule has 3 heterocycles. The van der Waals surface area contributed by atoms with Crippen molar-refractivity contribution < 1.29 is 4.79 Å². The van der Waals surface area contributed by atoms with Crippen LogP contribution in [-0.2, 0) is 11.2 Å². The van der Waals surface area contributed by atoms with Gasteiger partial charge in [0, 0.05) is 45.2 Å². The molecule has 0 N–H and O–H groups in total. The zero-order chi connectivity index (χ0) is 20.1. The third-order valence-electron chi connectivity index (χ3n) is 6.16. The number of carbonyl (C=O) groups excluding carboxylic acids is 1. The van der Waals surface area contributed by atoms with Gasteiger partial charge < -0.3 is 14.7 Å².